The van der Waals surface area contributed by atoms with Gasteiger partial charge in [-0.25, -0.2) is 9.37 Å². The highest BCUT2D eigenvalue weighted by atomic mass is 19.1. The van der Waals surface area contributed by atoms with Gasteiger partial charge in [0.25, 0.3) is 5.91 Å². The van der Waals surface area contributed by atoms with Crippen LogP contribution in [0, 0.1) is 5.82 Å². The molecule has 0 aliphatic carbocycles. The molecule has 1 aromatic heterocycles. The summed E-state index contributed by atoms with van der Waals surface area (Å²) in [6, 6.07) is 9.63. The molecular weight excluding hydrogens is 319 g/mol. The van der Waals surface area contributed by atoms with Crippen molar-refractivity contribution in [2.75, 3.05) is 37.6 Å². The maximum Gasteiger partial charge on any atom is 0.251 e. The van der Waals surface area contributed by atoms with Crippen molar-refractivity contribution in [2.24, 2.45) is 0 Å². The Morgan fingerprint density at radius 1 is 1.20 bits per heavy atom. The van der Waals surface area contributed by atoms with Gasteiger partial charge in [-0.3, -0.25) is 4.79 Å². The molecule has 132 valence electrons. The molecule has 5 nitrogen and oxygen atoms in total. The minimum Gasteiger partial charge on any atom is -0.354 e. The van der Waals surface area contributed by atoms with E-state index in [1.165, 1.54) is 18.2 Å². The number of nitrogens with one attached hydrogen (secondary N) is 1. The fraction of sp³-hybridized carbons (Fsp3) is 0.368. The Bertz CT molecular complexity index is 712. The summed E-state index contributed by atoms with van der Waals surface area (Å²) in [6.45, 7) is 7.72. The number of hydrogen-bond donors (Lipinski definition) is 1. The number of rotatable bonds is 5. The Morgan fingerprint density at radius 3 is 2.64 bits per heavy atom. The number of hydrogen-bond acceptors (Lipinski definition) is 4. The lowest BCUT2D eigenvalue weighted by molar-refractivity contribution is 0.0950. The van der Waals surface area contributed by atoms with Crippen LogP contribution >= 0.6 is 0 Å². The van der Waals surface area contributed by atoms with Gasteiger partial charge in [0.2, 0.25) is 0 Å². The molecule has 6 heteroatoms. The fourth-order valence-corrected chi connectivity index (χ4v) is 2.92. The molecule has 0 unspecified atom stereocenters. The first-order valence-corrected chi connectivity index (χ1v) is 8.61. The quantitative estimate of drug-likeness (QED) is 0.906. The SMILES string of the molecule is CCN1CCN(c2ccc(CNC(=O)c3cccc(F)c3)cn2)CC1. The minimum absolute atomic E-state index is 0.292. The minimum atomic E-state index is -0.415. The number of nitrogens with zero attached hydrogens (tertiary/aromatic N) is 3. The number of likely N-dealkylation sites (N-methyl/N-ethyl adjacent to an activating group) is 1. The van der Waals surface area contributed by atoms with E-state index in [1.807, 2.05) is 12.1 Å². The molecule has 1 amide bonds. The maximum atomic E-state index is 13.2. The Kier molecular flexibility index (Phi) is 5.60. The van der Waals surface area contributed by atoms with Gasteiger partial charge in [-0.15, -0.1) is 0 Å². The van der Waals surface area contributed by atoms with Crippen molar-refractivity contribution in [3.05, 3.63) is 59.5 Å². The molecule has 1 aromatic carbocycles. The van der Waals surface area contributed by atoms with Gasteiger partial charge in [-0.2, -0.15) is 0 Å². The van der Waals surface area contributed by atoms with Crippen LogP contribution in [0.2, 0.25) is 0 Å². The number of halogens is 1. The average molecular weight is 342 g/mol. The van der Waals surface area contributed by atoms with Crippen LogP contribution in [-0.4, -0.2) is 48.5 Å². The van der Waals surface area contributed by atoms with Gasteiger partial charge in [-0.1, -0.05) is 19.1 Å². The summed E-state index contributed by atoms with van der Waals surface area (Å²) in [7, 11) is 0. The van der Waals surface area contributed by atoms with Crippen LogP contribution in [0.3, 0.4) is 0 Å². The lowest BCUT2D eigenvalue weighted by atomic mass is 10.2. The Balaban J connectivity index is 1.53. The first-order valence-electron chi connectivity index (χ1n) is 8.61. The molecule has 1 aliphatic rings. The highest BCUT2D eigenvalue weighted by molar-refractivity contribution is 5.94. The average Bonchev–Trinajstić information content (AvgIpc) is 2.66. The number of amides is 1. The standard InChI is InChI=1S/C19H23FN4O/c1-2-23-8-10-24(11-9-23)18-7-6-15(13-21-18)14-22-19(25)16-4-3-5-17(20)12-16/h3-7,12-13H,2,8-11,14H2,1H3,(H,22,25). The smallest absolute Gasteiger partial charge is 0.251 e. The zero-order valence-electron chi connectivity index (χ0n) is 14.4. The predicted molar refractivity (Wildman–Crippen MR) is 96.1 cm³/mol. The molecular formula is C19H23FN4O. The predicted octanol–water partition coefficient (Wildman–Crippen LogP) is 2.29. The Hall–Kier alpha value is -2.47. The third-order valence-corrected chi connectivity index (χ3v) is 4.49. The van der Waals surface area contributed by atoms with Crippen LogP contribution in [0.5, 0.6) is 0 Å². The molecule has 2 aromatic rings. The van der Waals surface area contributed by atoms with Crippen molar-refractivity contribution < 1.29 is 9.18 Å². The molecule has 0 atom stereocenters. The van der Waals surface area contributed by atoms with E-state index in [4.69, 9.17) is 0 Å². The molecule has 0 radical (unpaired) electrons. The summed E-state index contributed by atoms with van der Waals surface area (Å²) in [4.78, 5) is 21.2. The van der Waals surface area contributed by atoms with Gasteiger partial charge in [0.15, 0.2) is 0 Å². The van der Waals surface area contributed by atoms with Gasteiger partial charge in [0.1, 0.15) is 11.6 Å². The van der Waals surface area contributed by atoms with Crippen molar-refractivity contribution in [3.63, 3.8) is 0 Å². The molecule has 3 rings (SSSR count). The lowest BCUT2D eigenvalue weighted by Crippen LogP contribution is -2.46. The summed E-state index contributed by atoms with van der Waals surface area (Å²) in [5, 5.41) is 2.79. The number of pyridine rings is 1. The third kappa shape index (κ3) is 4.54. The maximum absolute atomic E-state index is 13.2. The summed E-state index contributed by atoms with van der Waals surface area (Å²) >= 11 is 0. The molecule has 1 saturated heterocycles. The van der Waals surface area contributed by atoms with E-state index in [9.17, 15) is 9.18 Å². The topological polar surface area (TPSA) is 48.5 Å². The first kappa shape index (κ1) is 17.4. The van der Waals surface area contributed by atoms with E-state index >= 15 is 0 Å². The summed E-state index contributed by atoms with van der Waals surface area (Å²) < 4.78 is 13.2. The molecule has 1 N–H and O–H groups in total. The third-order valence-electron chi connectivity index (χ3n) is 4.49. The molecule has 0 bridgehead atoms. The first-order chi connectivity index (χ1) is 12.2. The summed E-state index contributed by atoms with van der Waals surface area (Å²) in [6.07, 6.45) is 1.79. The number of piperazine rings is 1. The van der Waals surface area contributed by atoms with Gasteiger partial charge in [-0.05, 0) is 36.4 Å². The molecule has 25 heavy (non-hydrogen) atoms. The van der Waals surface area contributed by atoms with Crippen molar-refractivity contribution in [1.82, 2.24) is 15.2 Å². The highest BCUT2D eigenvalue weighted by Crippen LogP contribution is 2.14. The van der Waals surface area contributed by atoms with E-state index < -0.39 is 5.82 Å². The second-order valence-electron chi connectivity index (χ2n) is 6.14. The Labute approximate surface area is 147 Å². The number of anilines is 1. The van der Waals surface area contributed by atoms with E-state index in [2.05, 4.69) is 27.0 Å². The molecule has 0 saturated carbocycles. The Morgan fingerprint density at radius 2 is 2.00 bits per heavy atom. The van der Waals surface area contributed by atoms with Crippen LogP contribution < -0.4 is 10.2 Å². The second-order valence-corrected chi connectivity index (χ2v) is 6.14. The van der Waals surface area contributed by atoms with Crippen LogP contribution in [-0.2, 0) is 6.54 Å². The van der Waals surface area contributed by atoms with Crippen molar-refractivity contribution in [3.8, 4) is 0 Å². The zero-order valence-corrected chi connectivity index (χ0v) is 14.4. The summed E-state index contributed by atoms with van der Waals surface area (Å²) in [5.74, 6) is 0.261. The van der Waals surface area contributed by atoms with Gasteiger partial charge < -0.3 is 15.1 Å². The number of benzene rings is 1. The van der Waals surface area contributed by atoms with Gasteiger partial charge in [0, 0.05) is 44.5 Å². The van der Waals surface area contributed by atoms with Crippen molar-refractivity contribution in [1.29, 1.82) is 0 Å². The number of aromatic nitrogens is 1. The van der Waals surface area contributed by atoms with E-state index in [0.29, 0.717) is 12.1 Å². The molecule has 2 heterocycles. The van der Waals surface area contributed by atoms with Crippen LogP contribution in [0.1, 0.15) is 22.8 Å². The van der Waals surface area contributed by atoms with Crippen molar-refractivity contribution in [2.45, 2.75) is 13.5 Å². The van der Waals surface area contributed by atoms with E-state index in [0.717, 1.165) is 44.1 Å². The second kappa shape index (κ2) is 8.07. The van der Waals surface area contributed by atoms with Gasteiger partial charge in [0.05, 0.1) is 0 Å². The van der Waals surface area contributed by atoms with Crippen LogP contribution in [0.25, 0.3) is 0 Å². The lowest BCUT2D eigenvalue weighted by Gasteiger charge is -2.34. The molecule has 0 spiro atoms. The zero-order chi connectivity index (χ0) is 17.6. The largest absolute Gasteiger partial charge is 0.354 e. The van der Waals surface area contributed by atoms with Crippen LogP contribution in [0.15, 0.2) is 42.6 Å². The number of carbonyl (C=O) groups is 1. The normalized spacial score (nSPS) is 15.2. The summed E-state index contributed by atoms with van der Waals surface area (Å²) in [5.41, 5.74) is 1.24. The number of carbonyl (C=O) groups excluding carboxylic acids is 1. The highest BCUT2D eigenvalue weighted by Gasteiger charge is 2.16. The molecule has 1 aliphatic heterocycles. The van der Waals surface area contributed by atoms with E-state index in [1.54, 1.807) is 12.3 Å². The fourth-order valence-electron chi connectivity index (χ4n) is 2.92. The van der Waals surface area contributed by atoms with Gasteiger partial charge >= 0.3 is 0 Å². The monoisotopic (exact) mass is 342 g/mol. The van der Waals surface area contributed by atoms with Crippen molar-refractivity contribution >= 4 is 11.7 Å². The van der Waals surface area contributed by atoms with E-state index in [-0.39, 0.29) is 5.91 Å². The molecule has 1 fully saturated rings. The van der Waals surface area contributed by atoms with Crippen LogP contribution in [0.4, 0.5) is 10.2 Å².